The smallest absolute Gasteiger partial charge is 0.269 e. The third-order valence-electron chi connectivity index (χ3n) is 7.49. The van der Waals surface area contributed by atoms with E-state index in [9.17, 15) is 14.4 Å². The van der Waals surface area contributed by atoms with E-state index in [1.54, 1.807) is 0 Å². The van der Waals surface area contributed by atoms with Gasteiger partial charge < -0.3 is 15.2 Å². The molecule has 0 saturated heterocycles. The molecule has 5 rings (SSSR count). The van der Waals surface area contributed by atoms with Gasteiger partial charge in [-0.25, -0.2) is 5.10 Å². The number of anilines is 1. The van der Waals surface area contributed by atoms with Crippen LogP contribution in [0.3, 0.4) is 0 Å². The average molecular weight is 560 g/mol. The maximum atomic E-state index is 15.0. The maximum Gasteiger partial charge on any atom is 0.269 e. The molecule has 2 fully saturated rings. The van der Waals surface area contributed by atoms with Crippen LogP contribution in [0.4, 0.5) is 10.1 Å². The van der Waals surface area contributed by atoms with E-state index in [1.807, 2.05) is 20.8 Å². The van der Waals surface area contributed by atoms with Crippen LogP contribution in [0.5, 0.6) is 0 Å². The fourth-order valence-electron chi connectivity index (χ4n) is 5.29. The van der Waals surface area contributed by atoms with E-state index >= 15 is 4.39 Å². The zero-order valence-corrected chi connectivity index (χ0v) is 22.7. The van der Waals surface area contributed by atoms with Crippen LogP contribution < -0.4 is 16.2 Å². The number of nitrogens with one attached hydrogen (secondary N) is 3. The van der Waals surface area contributed by atoms with Gasteiger partial charge in [0, 0.05) is 5.56 Å². The first-order chi connectivity index (χ1) is 18.7. The van der Waals surface area contributed by atoms with E-state index in [1.165, 1.54) is 23.2 Å². The summed E-state index contributed by atoms with van der Waals surface area (Å²) in [6.07, 6.45) is 6.97. The quantitative estimate of drug-likeness (QED) is 0.321. The third-order valence-corrected chi connectivity index (χ3v) is 7.68. The largest absolute Gasteiger partial charge is 0.364 e. The zero-order chi connectivity index (χ0) is 27.8. The van der Waals surface area contributed by atoms with Crippen LogP contribution in [-0.2, 0) is 4.79 Å². The summed E-state index contributed by atoms with van der Waals surface area (Å²) in [6, 6.07) is -0.109. The lowest BCUT2D eigenvalue weighted by Gasteiger charge is -2.27. The number of carbonyl (C=O) groups excluding carboxylic acids is 2. The number of nitrogens with zero attached hydrogens (tertiary/aromatic N) is 4. The number of H-pyrrole nitrogens is 1. The first-order valence-corrected chi connectivity index (χ1v) is 13.6. The highest BCUT2D eigenvalue weighted by molar-refractivity contribution is 6.29. The highest BCUT2D eigenvalue weighted by Crippen LogP contribution is 2.51. The number of aromatic amines is 1. The normalized spacial score (nSPS) is 16.9. The van der Waals surface area contributed by atoms with Gasteiger partial charge in [0.15, 0.2) is 0 Å². The van der Waals surface area contributed by atoms with Gasteiger partial charge in [-0.1, -0.05) is 37.5 Å². The van der Waals surface area contributed by atoms with Crippen molar-refractivity contribution in [1.82, 2.24) is 30.5 Å². The topological polar surface area (TPSA) is 148 Å². The molecule has 3 aromatic heterocycles. The van der Waals surface area contributed by atoms with Crippen LogP contribution in [0.2, 0.25) is 5.15 Å². The molecule has 3 aromatic rings. The maximum absolute atomic E-state index is 15.0. The fourth-order valence-corrected chi connectivity index (χ4v) is 5.45. The van der Waals surface area contributed by atoms with E-state index in [2.05, 4.69) is 31.1 Å². The van der Waals surface area contributed by atoms with E-state index in [0.717, 1.165) is 25.7 Å². The summed E-state index contributed by atoms with van der Waals surface area (Å²) in [7, 11) is 0. The molecule has 39 heavy (non-hydrogen) atoms. The summed E-state index contributed by atoms with van der Waals surface area (Å²) >= 11 is 5.96. The summed E-state index contributed by atoms with van der Waals surface area (Å²) in [5.74, 6) is -1.35. The van der Waals surface area contributed by atoms with Crippen molar-refractivity contribution >= 4 is 29.1 Å². The summed E-state index contributed by atoms with van der Waals surface area (Å²) < 4.78 is 21.3. The molecule has 0 radical (unpaired) electrons. The predicted molar refractivity (Wildman–Crippen MR) is 140 cm³/mol. The molecule has 3 N–H and O–H groups in total. The van der Waals surface area contributed by atoms with E-state index < -0.39 is 35.4 Å². The van der Waals surface area contributed by atoms with Crippen LogP contribution in [-0.4, -0.2) is 43.0 Å². The number of carbonyl (C=O) groups is 2. The number of rotatable bonds is 11. The summed E-state index contributed by atoms with van der Waals surface area (Å²) in [6.45, 7) is 5.61. The van der Waals surface area contributed by atoms with Gasteiger partial charge in [-0.15, -0.1) is 5.10 Å². The highest BCUT2D eigenvalue weighted by atomic mass is 35.5. The molecule has 3 heterocycles. The lowest BCUT2D eigenvalue weighted by Crippen LogP contribution is -2.50. The molecule has 2 saturated carbocycles. The molecular formula is C26H31ClFN7O4. The molecule has 0 bridgehead atoms. The molecule has 13 heteroatoms. The highest BCUT2D eigenvalue weighted by Gasteiger charge is 2.48. The van der Waals surface area contributed by atoms with Crippen LogP contribution in [0.1, 0.15) is 86.5 Å². The minimum absolute atomic E-state index is 0.0478. The number of amides is 2. The third kappa shape index (κ3) is 5.75. The minimum Gasteiger partial charge on any atom is -0.364 e. The molecule has 208 valence electrons. The van der Waals surface area contributed by atoms with Gasteiger partial charge in [-0.05, 0) is 61.8 Å². The van der Waals surface area contributed by atoms with Crippen molar-refractivity contribution < 1.29 is 18.5 Å². The second-order valence-electron chi connectivity index (χ2n) is 10.7. The molecule has 11 nitrogen and oxygen atoms in total. The molecule has 2 amide bonds. The van der Waals surface area contributed by atoms with Gasteiger partial charge in [-0.3, -0.25) is 19.1 Å². The van der Waals surface area contributed by atoms with Gasteiger partial charge in [0.2, 0.25) is 5.91 Å². The Labute approximate surface area is 228 Å². The Morgan fingerprint density at radius 3 is 2.56 bits per heavy atom. The zero-order valence-electron chi connectivity index (χ0n) is 21.9. The van der Waals surface area contributed by atoms with Crippen molar-refractivity contribution in [1.29, 1.82) is 0 Å². The second kappa shape index (κ2) is 10.9. The number of halogens is 2. The predicted octanol–water partition coefficient (Wildman–Crippen LogP) is 4.04. The van der Waals surface area contributed by atoms with Crippen molar-refractivity contribution in [2.24, 2.45) is 17.8 Å². The van der Waals surface area contributed by atoms with Gasteiger partial charge in [0.25, 0.3) is 17.4 Å². The van der Waals surface area contributed by atoms with Gasteiger partial charge in [0.1, 0.15) is 28.7 Å². The van der Waals surface area contributed by atoms with Crippen LogP contribution in [0.25, 0.3) is 0 Å². The lowest BCUT2D eigenvalue weighted by atomic mass is 9.88. The molecule has 0 aliphatic heterocycles. The van der Waals surface area contributed by atoms with Crippen molar-refractivity contribution in [3.8, 4) is 0 Å². The number of aromatic nitrogens is 5. The Morgan fingerprint density at radius 1 is 1.26 bits per heavy atom. The molecule has 2 aliphatic rings. The van der Waals surface area contributed by atoms with E-state index in [-0.39, 0.29) is 33.8 Å². The minimum atomic E-state index is -0.904. The van der Waals surface area contributed by atoms with Crippen LogP contribution >= 0.6 is 11.6 Å². The first kappa shape index (κ1) is 27.0. The second-order valence-corrected chi connectivity index (χ2v) is 11.1. The standard InChI is InChI=1S/C26H31ClFN7O4/c1-4-18(15-9-19(27)31-32-25(15)37)35-10-17(23(28)33-35)29-26(38)22(20(13-5-6-13)14-7-8-14)30-24(36)16-11-39-34-21(16)12(2)3/h9-14,18,20,22H,4-8H2,1-3H3,(H,29,38)(H,30,36)(H,32,37)/t18?,22-/m0/s1. The average Bonchev–Trinajstić information content (AvgIpc) is 3.83. The van der Waals surface area contributed by atoms with E-state index in [0.29, 0.717) is 24.0 Å². The lowest BCUT2D eigenvalue weighted by molar-refractivity contribution is -0.119. The van der Waals surface area contributed by atoms with Crippen molar-refractivity contribution in [3.05, 3.63) is 56.8 Å². The summed E-state index contributed by atoms with van der Waals surface area (Å²) in [5.41, 5.74) is 0.429. The summed E-state index contributed by atoms with van der Waals surface area (Å²) in [5, 5.41) is 19.5. The number of hydrogen-bond donors (Lipinski definition) is 3. The Morgan fingerprint density at radius 2 is 1.95 bits per heavy atom. The molecular weight excluding hydrogens is 529 g/mol. The molecule has 2 atom stereocenters. The van der Waals surface area contributed by atoms with E-state index in [4.69, 9.17) is 16.1 Å². The van der Waals surface area contributed by atoms with Gasteiger partial charge >= 0.3 is 0 Å². The van der Waals surface area contributed by atoms with Crippen LogP contribution in [0.15, 0.2) is 27.8 Å². The monoisotopic (exact) mass is 559 g/mol. The molecule has 0 spiro atoms. The SMILES string of the molecule is CCC(c1cc(Cl)n[nH]c1=O)n1cc(NC(=O)[C@@H](NC(=O)c2conc2C(C)C)C(C2CC2)C2CC2)c(F)n1. The molecule has 2 aliphatic carbocycles. The van der Waals surface area contributed by atoms with Crippen molar-refractivity contribution in [3.63, 3.8) is 0 Å². The Balaban J connectivity index is 1.40. The Hall–Kier alpha value is -3.54. The van der Waals surface area contributed by atoms with Crippen molar-refractivity contribution in [2.75, 3.05) is 5.32 Å². The molecule has 1 unspecified atom stereocenters. The van der Waals surface area contributed by atoms with Crippen LogP contribution in [0, 0.1) is 23.7 Å². The van der Waals surface area contributed by atoms with Crippen molar-refractivity contribution in [2.45, 2.75) is 70.9 Å². The van der Waals surface area contributed by atoms with Gasteiger partial charge in [-0.2, -0.15) is 9.49 Å². The Kier molecular flexibility index (Phi) is 7.57. The summed E-state index contributed by atoms with van der Waals surface area (Å²) in [4.78, 5) is 39.3. The van der Waals surface area contributed by atoms with Gasteiger partial charge in [0.05, 0.1) is 17.9 Å². The fraction of sp³-hybridized carbons (Fsp3) is 0.538. The first-order valence-electron chi connectivity index (χ1n) is 13.2. The number of hydrogen-bond acceptors (Lipinski definition) is 7. The Bertz CT molecular complexity index is 1410. The molecule has 0 aromatic carbocycles.